The number of benzene rings is 2. The van der Waals surface area contributed by atoms with Crippen LogP contribution in [0.3, 0.4) is 0 Å². The Hall–Kier alpha value is -3.26. The third-order valence-corrected chi connectivity index (χ3v) is 5.08. The number of amides is 1. The predicted octanol–water partition coefficient (Wildman–Crippen LogP) is 3.54. The Morgan fingerprint density at radius 1 is 1.00 bits per heavy atom. The average molecular weight is 413 g/mol. The molecule has 0 bridgehead atoms. The summed E-state index contributed by atoms with van der Waals surface area (Å²) in [5.41, 5.74) is 6.43. The highest BCUT2D eigenvalue weighted by atomic mass is 32.2. The first kappa shape index (κ1) is 20.5. The van der Waals surface area contributed by atoms with Gasteiger partial charge in [-0.25, -0.2) is 9.59 Å². The Kier molecular flexibility index (Phi) is 6.56. The zero-order valence-electron chi connectivity index (χ0n) is 15.7. The molecule has 2 N–H and O–H groups in total. The van der Waals surface area contributed by atoms with Gasteiger partial charge in [0.1, 0.15) is 12.2 Å². The molecule has 29 heavy (non-hydrogen) atoms. The van der Waals surface area contributed by atoms with Crippen LogP contribution in [0.4, 0.5) is 0 Å². The second-order valence-electron chi connectivity index (χ2n) is 5.95. The predicted molar refractivity (Wildman–Crippen MR) is 108 cm³/mol. The molecule has 0 unspecified atom stereocenters. The largest absolute Gasteiger partial charge is 0.460 e. The minimum atomic E-state index is -0.618. The lowest BCUT2D eigenvalue weighted by molar-refractivity contribution is -0.115. The third kappa shape index (κ3) is 4.78. The van der Waals surface area contributed by atoms with Gasteiger partial charge in [-0.2, -0.15) is 0 Å². The van der Waals surface area contributed by atoms with E-state index in [1.54, 1.807) is 55.5 Å². The number of esters is 2. The minimum absolute atomic E-state index is 0.0113. The molecule has 1 aromatic heterocycles. The van der Waals surface area contributed by atoms with Gasteiger partial charge in [-0.15, -0.1) is 11.8 Å². The summed E-state index contributed by atoms with van der Waals surface area (Å²) in [6.45, 7) is 1.72. The smallest absolute Gasteiger partial charge is 0.374 e. The number of carbonyl (C=O) groups excluding carboxylic acids is 3. The van der Waals surface area contributed by atoms with Crippen molar-refractivity contribution in [1.29, 1.82) is 0 Å². The normalized spacial score (nSPS) is 10.7. The molecule has 1 heterocycles. The van der Waals surface area contributed by atoms with Crippen LogP contribution in [-0.4, -0.2) is 30.2 Å². The van der Waals surface area contributed by atoms with Gasteiger partial charge in [0.25, 0.3) is 0 Å². The topological polar surface area (TPSA) is 109 Å². The zero-order chi connectivity index (χ0) is 20.8. The van der Waals surface area contributed by atoms with Crippen molar-refractivity contribution in [3.8, 4) is 0 Å². The SMILES string of the molecule is CCOC(=O)c1oc2ccccc2c1COC(=O)c1ccccc1SCC(N)=O. The fraction of sp³-hybridized carbons (Fsp3) is 0.190. The van der Waals surface area contributed by atoms with E-state index in [1.807, 2.05) is 0 Å². The van der Waals surface area contributed by atoms with Crippen molar-refractivity contribution in [2.45, 2.75) is 18.4 Å². The molecule has 0 spiro atoms. The molecule has 0 radical (unpaired) electrons. The van der Waals surface area contributed by atoms with Gasteiger partial charge in [-0.05, 0) is 25.1 Å². The summed E-state index contributed by atoms with van der Waals surface area (Å²) >= 11 is 1.16. The van der Waals surface area contributed by atoms with E-state index >= 15 is 0 Å². The summed E-state index contributed by atoms with van der Waals surface area (Å²) in [6, 6.07) is 13.8. The summed E-state index contributed by atoms with van der Waals surface area (Å²) in [5, 5.41) is 0.666. The van der Waals surface area contributed by atoms with Crippen molar-refractivity contribution >= 4 is 40.6 Å². The van der Waals surface area contributed by atoms with E-state index in [2.05, 4.69) is 0 Å². The molecule has 0 saturated carbocycles. The number of para-hydroxylation sites is 1. The number of thioether (sulfide) groups is 1. The summed E-state index contributed by atoms with van der Waals surface area (Å²) < 4.78 is 16.1. The Morgan fingerprint density at radius 3 is 2.48 bits per heavy atom. The minimum Gasteiger partial charge on any atom is -0.460 e. The number of nitrogens with two attached hydrogens (primary N) is 1. The summed E-state index contributed by atoms with van der Waals surface area (Å²) in [7, 11) is 0. The first-order chi connectivity index (χ1) is 14.0. The Labute approximate surface area is 171 Å². The molecular formula is C21H19NO6S. The van der Waals surface area contributed by atoms with Gasteiger partial charge >= 0.3 is 11.9 Å². The summed E-state index contributed by atoms with van der Waals surface area (Å²) in [6.07, 6.45) is 0. The van der Waals surface area contributed by atoms with Crippen molar-refractivity contribution in [1.82, 2.24) is 0 Å². The summed E-state index contributed by atoms with van der Waals surface area (Å²) in [4.78, 5) is 36.5. The molecule has 8 heteroatoms. The van der Waals surface area contributed by atoms with Crippen LogP contribution in [0.15, 0.2) is 57.8 Å². The Balaban J connectivity index is 1.84. The molecule has 1 amide bonds. The zero-order valence-corrected chi connectivity index (χ0v) is 16.5. The van der Waals surface area contributed by atoms with E-state index in [-0.39, 0.29) is 24.7 Å². The van der Waals surface area contributed by atoms with E-state index in [0.29, 0.717) is 27.0 Å². The van der Waals surface area contributed by atoms with Crippen LogP contribution < -0.4 is 5.73 Å². The molecule has 3 aromatic rings. The van der Waals surface area contributed by atoms with Gasteiger partial charge in [0, 0.05) is 10.3 Å². The van der Waals surface area contributed by atoms with Gasteiger partial charge < -0.3 is 19.6 Å². The highest BCUT2D eigenvalue weighted by molar-refractivity contribution is 8.00. The van der Waals surface area contributed by atoms with Crippen LogP contribution in [-0.2, 0) is 20.9 Å². The molecule has 3 rings (SSSR count). The van der Waals surface area contributed by atoms with Crippen molar-refractivity contribution in [2.75, 3.05) is 12.4 Å². The van der Waals surface area contributed by atoms with E-state index in [0.717, 1.165) is 11.8 Å². The molecule has 0 aliphatic heterocycles. The van der Waals surface area contributed by atoms with Gasteiger partial charge in [-0.1, -0.05) is 30.3 Å². The molecule has 7 nitrogen and oxygen atoms in total. The van der Waals surface area contributed by atoms with Crippen molar-refractivity contribution in [3.63, 3.8) is 0 Å². The number of furan rings is 1. The van der Waals surface area contributed by atoms with Crippen LogP contribution in [0, 0.1) is 0 Å². The standard InChI is InChI=1S/C21H19NO6S/c1-2-26-21(25)19-15(13-7-3-5-9-16(13)28-19)11-27-20(24)14-8-4-6-10-17(14)29-12-18(22)23/h3-10H,2,11-12H2,1H3,(H2,22,23). The van der Waals surface area contributed by atoms with E-state index in [1.165, 1.54) is 0 Å². The lowest BCUT2D eigenvalue weighted by Crippen LogP contribution is -2.14. The van der Waals surface area contributed by atoms with Crippen LogP contribution in [0.1, 0.15) is 33.4 Å². The number of fused-ring (bicyclic) bond motifs is 1. The second kappa shape index (κ2) is 9.29. The second-order valence-corrected chi connectivity index (χ2v) is 6.97. The number of hydrogen-bond acceptors (Lipinski definition) is 7. The summed E-state index contributed by atoms with van der Waals surface area (Å²) in [5.74, 6) is -1.63. The average Bonchev–Trinajstić information content (AvgIpc) is 3.09. The molecule has 2 aromatic carbocycles. The molecule has 150 valence electrons. The fourth-order valence-electron chi connectivity index (χ4n) is 2.73. The molecule has 0 atom stereocenters. The van der Waals surface area contributed by atoms with Gasteiger partial charge in [-0.3, -0.25) is 4.79 Å². The van der Waals surface area contributed by atoms with Crippen molar-refractivity contribution < 1.29 is 28.3 Å². The van der Waals surface area contributed by atoms with Crippen molar-refractivity contribution in [2.24, 2.45) is 5.73 Å². The maximum Gasteiger partial charge on any atom is 0.374 e. The van der Waals surface area contributed by atoms with E-state index in [9.17, 15) is 14.4 Å². The van der Waals surface area contributed by atoms with Crippen LogP contribution in [0.2, 0.25) is 0 Å². The lowest BCUT2D eigenvalue weighted by atomic mass is 10.1. The lowest BCUT2D eigenvalue weighted by Gasteiger charge is -2.09. The number of ether oxygens (including phenoxy) is 2. The first-order valence-corrected chi connectivity index (χ1v) is 9.84. The highest BCUT2D eigenvalue weighted by Gasteiger charge is 2.23. The number of primary amides is 1. The monoisotopic (exact) mass is 413 g/mol. The van der Waals surface area contributed by atoms with E-state index in [4.69, 9.17) is 19.6 Å². The third-order valence-electron chi connectivity index (χ3n) is 3.98. The molecule has 0 fully saturated rings. The van der Waals surface area contributed by atoms with Crippen LogP contribution in [0.5, 0.6) is 0 Å². The molecule has 0 saturated heterocycles. The fourth-order valence-corrected chi connectivity index (χ4v) is 3.51. The van der Waals surface area contributed by atoms with Crippen LogP contribution >= 0.6 is 11.8 Å². The highest BCUT2D eigenvalue weighted by Crippen LogP contribution is 2.28. The maximum absolute atomic E-state index is 12.6. The molecule has 0 aliphatic rings. The first-order valence-electron chi connectivity index (χ1n) is 8.86. The van der Waals surface area contributed by atoms with Gasteiger partial charge in [0.05, 0.1) is 23.5 Å². The number of rotatable bonds is 8. The number of carbonyl (C=O) groups is 3. The van der Waals surface area contributed by atoms with Crippen LogP contribution in [0.25, 0.3) is 11.0 Å². The molecule has 0 aliphatic carbocycles. The van der Waals surface area contributed by atoms with Crippen molar-refractivity contribution in [3.05, 3.63) is 65.4 Å². The van der Waals surface area contributed by atoms with Gasteiger partial charge in [0.2, 0.25) is 11.7 Å². The Bertz CT molecular complexity index is 1060. The maximum atomic E-state index is 12.6. The Morgan fingerprint density at radius 2 is 1.72 bits per heavy atom. The molecular weight excluding hydrogens is 394 g/mol. The van der Waals surface area contributed by atoms with E-state index < -0.39 is 17.8 Å². The quantitative estimate of drug-likeness (QED) is 0.444. The number of hydrogen-bond donors (Lipinski definition) is 1. The van der Waals surface area contributed by atoms with Gasteiger partial charge in [0.15, 0.2) is 0 Å².